The van der Waals surface area contributed by atoms with Crippen LogP contribution in [-0.4, -0.2) is 28.2 Å². The third-order valence-electron chi connectivity index (χ3n) is 1.58. The highest BCUT2D eigenvalue weighted by Gasteiger charge is 2.38. The molecule has 0 rings (SSSR count). The van der Waals surface area contributed by atoms with E-state index in [-0.39, 0.29) is 5.41 Å². The highest BCUT2D eigenvalue weighted by Crippen LogP contribution is 2.10. The highest BCUT2D eigenvalue weighted by molar-refractivity contribution is 6.98. The van der Waals surface area contributed by atoms with Crippen LogP contribution >= 0.6 is 0 Å². The second kappa shape index (κ2) is 3.80. The zero-order valence-electron chi connectivity index (χ0n) is 7.43. The van der Waals surface area contributed by atoms with Gasteiger partial charge in [0.15, 0.2) is 5.41 Å². The molecule has 0 unspecified atom stereocenters. The summed E-state index contributed by atoms with van der Waals surface area (Å²) in [6.07, 6.45) is 0. The molecule has 0 aromatic heterocycles. The maximum Gasteiger partial charge on any atom is 0.411 e. The van der Waals surface area contributed by atoms with Gasteiger partial charge in [0.25, 0.3) is 0 Å². The lowest BCUT2D eigenvalue weighted by Crippen LogP contribution is -2.46. The lowest BCUT2D eigenvalue weighted by Gasteiger charge is -2.20. The van der Waals surface area contributed by atoms with E-state index in [2.05, 4.69) is 6.58 Å². The van der Waals surface area contributed by atoms with Gasteiger partial charge in [-0.15, -0.1) is 0 Å². The van der Waals surface area contributed by atoms with E-state index in [1.165, 1.54) is 14.2 Å². The summed E-state index contributed by atoms with van der Waals surface area (Å²) in [7, 11) is 0.363. The SMILES string of the molecule is C=C(C)C(=O)[Si](C)(OC)OC. The van der Waals surface area contributed by atoms with Gasteiger partial charge < -0.3 is 8.85 Å². The summed E-state index contributed by atoms with van der Waals surface area (Å²) >= 11 is 0. The van der Waals surface area contributed by atoms with Gasteiger partial charge in [-0.05, 0) is 19.0 Å². The molecular weight excluding hydrogens is 160 g/mol. The molecule has 0 saturated carbocycles. The summed E-state index contributed by atoms with van der Waals surface area (Å²) in [6.45, 7) is 6.90. The summed E-state index contributed by atoms with van der Waals surface area (Å²) in [5.41, 5.74) is 0.489. The first kappa shape index (κ1) is 10.5. The Hall–Kier alpha value is -0.453. The normalized spacial score (nSPS) is 11.3. The first-order valence-corrected chi connectivity index (χ1v) is 5.60. The van der Waals surface area contributed by atoms with Crippen LogP contribution in [-0.2, 0) is 13.6 Å². The zero-order valence-corrected chi connectivity index (χ0v) is 8.43. The maximum atomic E-state index is 11.3. The van der Waals surface area contributed by atoms with Crippen molar-refractivity contribution in [3.63, 3.8) is 0 Å². The third kappa shape index (κ3) is 2.25. The fourth-order valence-corrected chi connectivity index (χ4v) is 1.97. The van der Waals surface area contributed by atoms with Crippen LogP contribution in [0.5, 0.6) is 0 Å². The van der Waals surface area contributed by atoms with Crippen LogP contribution < -0.4 is 0 Å². The van der Waals surface area contributed by atoms with Crippen molar-refractivity contribution < 1.29 is 13.6 Å². The molecular formula is C7H14O3Si. The largest absolute Gasteiger partial charge is 0.411 e. The first-order chi connectivity index (χ1) is 4.98. The van der Waals surface area contributed by atoms with E-state index in [9.17, 15) is 4.79 Å². The lowest BCUT2D eigenvalue weighted by molar-refractivity contribution is -0.112. The number of carbonyl (C=O) groups is 1. The quantitative estimate of drug-likeness (QED) is 0.472. The van der Waals surface area contributed by atoms with Crippen LogP contribution in [0.25, 0.3) is 0 Å². The Bertz CT molecular complexity index is 173. The maximum absolute atomic E-state index is 11.3. The van der Waals surface area contributed by atoms with Crippen molar-refractivity contribution in [1.82, 2.24) is 0 Å². The van der Waals surface area contributed by atoms with Gasteiger partial charge in [-0.1, -0.05) is 6.58 Å². The van der Waals surface area contributed by atoms with E-state index in [1.807, 2.05) is 0 Å². The fraction of sp³-hybridized carbons (Fsp3) is 0.571. The topological polar surface area (TPSA) is 35.5 Å². The van der Waals surface area contributed by atoms with Gasteiger partial charge in [-0.2, -0.15) is 0 Å². The number of rotatable bonds is 4. The first-order valence-electron chi connectivity index (χ1n) is 3.28. The molecule has 0 aromatic carbocycles. The predicted molar refractivity (Wildman–Crippen MR) is 45.5 cm³/mol. The lowest BCUT2D eigenvalue weighted by atomic mass is 10.4. The summed E-state index contributed by atoms with van der Waals surface area (Å²) in [6, 6.07) is 0. The molecule has 64 valence electrons. The smallest absolute Gasteiger partial charge is 0.393 e. The highest BCUT2D eigenvalue weighted by atomic mass is 28.4. The molecule has 0 saturated heterocycles. The molecule has 0 spiro atoms. The Morgan fingerprint density at radius 1 is 1.36 bits per heavy atom. The van der Waals surface area contributed by atoms with E-state index in [0.717, 1.165) is 0 Å². The van der Waals surface area contributed by atoms with E-state index >= 15 is 0 Å². The number of carbonyl (C=O) groups excluding carboxylic acids is 1. The minimum absolute atomic E-state index is 0.0949. The summed E-state index contributed by atoms with van der Waals surface area (Å²) < 4.78 is 10.0. The number of allylic oxidation sites excluding steroid dienone is 1. The van der Waals surface area contributed by atoms with Gasteiger partial charge in [-0.3, -0.25) is 4.79 Å². The van der Waals surface area contributed by atoms with E-state index in [1.54, 1.807) is 13.5 Å². The second-order valence-electron chi connectivity index (χ2n) is 2.46. The summed E-state index contributed by atoms with van der Waals surface area (Å²) in [4.78, 5) is 11.3. The molecule has 0 aliphatic carbocycles. The molecule has 0 bridgehead atoms. The molecule has 0 aliphatic heterocycles. The van der Waals surface area contributed by atoms with Crippen molar-refractivity contribution in [2.75, 3.05) is 14.2 Å². The zero-order chi connectivity index (χ0) is 9.07. The van der Waals surface area contributed by atoms with Crippen molar-refractivity contribution in [1.29, 1.82) is 0 Å². The standard InChI is InChI=1S/C7H14O3Si/c1-6(2)7(8)11(5,9-3)10-4/h1H2,2-5H3. The molecule has 4 heteroatoms. The van der Waals surface area contributed by atoms with Crippen LogP contribution in [0.4, 0.5) is 0 Å². The molecule has 0 heterocycles. The van der Waals surface area contributed by atoms with Gasteiger partial charge in [0.1, 0.15) is 0 Å². The molecule has 0 aliphatic rings. The monoisotopic (exact) mass is 174 g/mol. The van der Waals surface area contributed by atoms with Crippen LogP contribution in [0.1, 0.15) is 6.92 Å². The molecule has 0 amide bonds. The van der Waals surface area contributed by atoms with Gasteiger partial charge in [0.05, 0.1) is 0 Å². The molecule has 11 heavy (non-hydrogen) atoms. The fourth-order valence-electron chi connectivity index (χ4n) is 0.656. The minimum Gasteiger partial charge on any atom is -0.393 e. The Balaban J connectivity index is 4.50. The number of hydrogen-bond acceptors (Lipinski definition) is 3. The van der Waals surface area contributed by atoms with Crippen LogP contribution in [0.15, 0.2) is 12.2 Å². The van der Waals surface area contributed by atoms with Crippen LogP contribution in [0.2, 0.25) is 6.55 Å². The third-order valence-corrected chi connectivity index (χ3v) is 4.39. The molecule has 0 N–H and O–H groups in total. The average molecular weight is 174 g/mol. The minimum atomic E-state index is -2.60. The van der Waals surface area contributed by atoms with E-state index < -0.39 is 8.56 Å². The van der Waals surface area contributed by atoms with Gasteiger partial charge in [0.2, 0.25) is 0 Å². The van der Waals surface area contributed by atoms with Crippen molar-refractivity contribution in [2.45, 2.75) is 13.5 Å². The molecule has 3 nitrogen and oxygen atoms in total. The molecule has 0 atom stereocenters. The van der Waals surface area contributed by atoms with Gasteiger partial charge in [-0.25, -0.2) is 0 Å². The predicted octanol–water partition coefficient (Wildman–Crippen LogP) is 1.04. The average Bonchev–Trinajstić information content (AvgIpc) is 2.01. The Kier molecular flexibility index (Phi) is 3.64. The second-order valence-corrected chi connectivity index (χ2v) is 5.63. The van der Waals surface area contributed by atoms with Crippen LogP contribution in [0.3, 0.4) is 0 Å². The molecule has 0 fully saturated rings. The Labute approximate surface area is 68.3 Å². The molecule has 0 aromatic rings. The Morgan fingerprint density at radius 2 is 1.73 bits per heavy atom. The summed E-state index contributed by atoms with van der Waals surface area (Å²) in [5, 5.41) is -0.0949. The van der Waals surface area contributed by atoms with E-state index in [4.69, 9.17) is 8.85 Å². The van der Waals surface area contributed by atoms with Crippen molar-refractivity contribution >= 4 is 14.0 Å². The van der Waals surface area contributed by atoms with Crippen molar-refractivity contribution in [2.24, 2.45) is 0 Å². The van der Waals surface area contributed by atoms with Crippen molar-refractivity contribution in [3.8, 4) is 0 Å². The van der Waals surface area contributed by atoms with E-state index in [0.29, 0.717) is 5.57 Å². The molecule has 0 radical (unpaired) electrons. The van der Waals surface area contributed by atoms with Crippen LogP contribution in [0, 0.1) is 0 Å². The van der Waals surface area contributed by atoms with Crippen molar-refractivity contribution in [3.05, 3.63) is 12.2 Å². The number of hydrogen-bond donors (Lipinski definition) is 0. The summed E-state index contributed by atoms with van der Waals surface area (Å²) in [5.74, 6) is 0. The van der Waals surface area contributed by atoms with Gasteiger partial charge in [0, 0.05) is 14.2 Å². The Morgan fingerprint density at radius 3 is 1.82 bits per heavy atom. The van der Waals surface area contributed by atoms with Gasteiger partial charge >= 0.3 is 8.56 Å².